The number of hydrogen-bond acceptors (Lipinski definition) is 4. The number of halogens is 1. The monoisotopic (exact) mass is 387 g/mol. The van der Waals surface area contributed by atoms with Crippen molar-refractivity contribution in [1.29, 1.82) is 0 Å². The highest BCUT2D eigenvalue weighted by molar-refractivity contribution is 7.89. The van der Waals surface area contributed by atoms with Crippen LogP contribution in [0.25, 0.3) is 0 Å². The zero-order valence-electron chi connectivity index (χ0n) is 15.2. The molecule has 8 heteroatoms. The van der Waals surface area contributed by atoms with Gasteiger partial charge in [-0.05, 0) is 45.5 Å². The smallest absolute Gasteiger partial charge is 0.253 e. The summed E-state index contributed by atoms with van der Waals surface area (Å²) >= 11 is 6.09. The first-order valence-electron chi connectivity index (χ1n) is 8.38. The quantitative estimate of drug-likeness (QED) is 0.859. The average Bonchev–Trinajstić information content (AvgIpc) is 2.52. The van der Waals surface area contributed by atoms with Crippen LogP contribution in [-0.4, -0.2) is 62.4 Å². The van der Waals surface area contributed by atoms with Crippen LogP contribution in [0.2, 0.25) is 5.02 Å². The van der Waals surface area contributed by atoms with E-state index in [1.54, 1.807) is 31.7 Å². The number of carbonyl (C=O) groups excluding carboxylic acids is 1. The molecule has 1 aliphatic rings. The van der Waals surface area contributed by atoms with Crippen LogP contribution in [0.15, 0.2) is 23.1 Å². The largest absolute Gasteiger partial charge is 0.336 e. The van der Waals surface area contributed by atoms with E-state index < -0.39 is 15.6 Å². The lowest BCUT2D eigenvalue weighted by Crippen LogP contribution is -2.48. The third-order valence-corrected chi connectivity index (χ3v) is 6.25. The summed E-state index contributed by atoms with van der Waals surface area (Å²) in [5.41, 5.74) is -0.304. The number of rotatable bonds is 4. The Hall–Kier alpha value is -1.15. The van der Waals surface area contributed by atoms with Gasteiger partial charge in [-0.1, -0.05) is 18.5 Å². The summed E-state index contributed by atoms with van der Waals surface area (Å²) < 4.78 is 27.7. The Balaban J connectivity index is 2.25. The molecule has 0 radical (unpaired) electrons. The van der Waals surface area contributed by atoms with Gasteiger partial charge in [0.15, 0.2) is 0 Å². The molecule has 0 aromatic heterocycles. The lowest BCUT2D eigenvalue weighted by atomic mass is 10.1. The summed E-state index contributed by atoms with van der Waals surface area (Å²) in [6.45, 7) is 11.2. The van der Waals surface area contributed by atoms with Gasteiger partial charge in [0.1, 0.15) is 4.90 Å². The van der Waals surface area contributed by atoms with Crippen molar-refractivity contribution in [2.45, 2.75) is 38.1 Å². The standard InChI is InChI=1S/C17H26ClN3O3S/c1-5-20-8-10-21(11-9-20)16(22)13-6-7-14(18)15(12-13)25(23,24)19-17(2,3)4/h6-7,12,19H,5,8-11H2,1-4H3. The van der Waals surface area contributed by atoms with Gasteiger partial charge in [0.05, 0.1) is 5.02 Å². The first-order chi connectivity index (χ1) is 11.5. The number of hydrogen-bond donors (Lipinski definition) is 1. The van der Waals surface area contributed by atoms with Gasteiger partial charge >= 0.3 is 0 Å². The maximum absolute atomic E-state index is 12.7. The summed E-state index contributed by atoms with van der Waals surface area (Å²) in [5, 5.41) is 0.101. The molecule has 0 aliphatic carbocycles. The molecule has 1 aromatic rings. The minimum absolute atomic E-state index is 0.0675. The van der Waals surface area contributed by atoms with Gasteiger partial charge < -0.3 is 9.80 Å². The summed E-state index contributed by atoms with van der Waals surface area (Å²) in [7, 11) is -3.81. The van der Waals surface area contributed by atoms with Crippen molar-refractivity contribution >= 4 is 27.5 Å². The maximum Gasteiger partial charge on any atom is 0.253 e. The minimum atomic E-state index is -3.81. The zero-order valence-corrected chi connectivity index (χ0v) is 16.7. The van der Waals surface area contributed by atoms with Crippen LogP contribution < -0.4 is 4.72 Å². The second-order valence-corrected chi connectivity index (χ2v) is 9.29. The SMILES string of the molecule is CCN1CCN(C(=O)c2ccc(Cl)c(S(=O)(=O)NC(C)(C)C)c2)CC1. The molecule has 1 aliphatic heterocycles. The average molecular weight is 388 g/mol. The van der Waals surface area contributed by atoms with Crippen LogP contribution in [0, 0.1) is 0 Å². The Morgan fingerprint density at radius 1 is 1.20 bits per heavy atom. The topological polar surface area (TPSA) is 69.7 Å². The Morgan fingerprint density at radius 2 is 1.80 bits per heavy atom. The molecule has 0 spiro atoms. The number of nitrogens with zero attached hydrogens (tertiary/aromatic N) is 2. The van der Waals surface area contributed by atoms with Crippen molar-refractivity contribution in [2.75, 3.05) is 32.7 Å². The van der Waals surface area contributed by atoms with E-state index in [1.165, 1.54) is 12.1 Å². The second kappa shape index (κ2) is 7.61. The molecule has 25 heavy (non-hydrogen) atoms. The molecule has 1 N–H and O–H groups in total. The molecule has 2 rings (SSSR count). The van der Waals surface area contributed by atoms with Crippen LogP contribution in [0.3, 0.4) is 0 Å². The molecule has 0 saturated carbocycles. The molecule has 1 heterocycles. The molecule has 6 nitrogen and oxygen atoms in total. The van der Waals surface area contributed by atoms with Gasteiger partial charge in [-0.25, -0.2) is 13.1 Å². The van der Waals surface area contributed by atoms with Crippen molar-refractivity contribution in [3.8, 4) is 0 Å². The number of piperazine rings is 1. The highest BCUT2D eigenvalue weighted by Gasteiger charge is 2.27. The number of nitrogens with one attached hydrogen (secondary N) is 1. The molecular weight excluding hydrogens is 362 g/mol. The molecular formula is C17H26ClN3O3S. The van der Waals surface area contributed by atoms with Crippen molar-refractivity contribution in [3.63, 3.8) is 0 Å². The van der Waals surface area contributed by atoms with Gasteiger partial charge in [0.25, 0.3) is 5.91 Å². The summed E-state index contributed by atoms with van der Waals surface area (Å²) in [4.78, 5) is 16.7. The maximum atomic E-state index is 12.7. The van der Waals surface area contributed by atoms with E-state index in [-0.39, 0.29) is 15.8 Å². The zero-order chi connectivity index (χ0) is 18.8. The van der Waals surface area contributed by atoms with Gasteiger partial charge in [-0.3, -0.25) is 4.79 Å². The number of sulfonamides is 1. The van der Waals surface area contributed by atoms with Gasteiger partial charge in [0, 0.05) is 37.3 Å². The number of benzene rings is 1. The highest BCUT2D eigenvalue weighted by Crippen LogP contribution is 2.25. The Kier molecular flexibility index (Phi) is 6.14. The molecule has 140 valence electrons. The highest BCUT2D eigenvalue weighted by atomic mass is 35.5. The second-order valence-electron chi connectivity index (χ2n) is 7.23. The molecule has 1 aromatic carbocycles. The molecule has 1 saturated heterocycles. The van der Waals surface area contributed by atoms with Gasteiger partial charge in [0.2, 0.25) is 10.0 Å². The van der Waals surface area contributed by atoms with Crippen LogP contribution in [0.5, 0.6) is 0 Å². The lowest BCUT2D eigenvalue weighted by Gasteiger charge is -2.34. The van der Waals surface area contributed by atoms with E-state index >= 15 is 0 Å². The minimum Gasteiger partial charge on any atom is -0.336 e. The number of carbonyl (C=O) groups is 1. The number of likely N-dealkylation sites (N-methyl/N-ethyl adjacent to an activating group) is 1. The van der Waals surface area contributed by atoms with E-state index in [4.69, 9.17) is 11.6 Å². The predicted molar refractivity (Wildman–Crippen MR) is 99.5 cm³/mol. The fourth-order valence-corrected chi connectivity index (χ4v) is 4.70. The van der Waals surface area contributed by atoms with Crippen molar-refractivity contribution < 1.29 is 13.2 Å². The third-order valence-electron chi connectivity index (χ3n) is 4.01. The first-order valence-corrected chi connectivity index (χ1v) is 10.2. The Bertz CT molecular complexity index is 736. The van der Waals surface area contributed by atoms with Crippen molar-refractivity contribution in [3.05, 3.63) is 28.8 Å². The van der Waals surface area contributed by atoms with E-state index in [1.807, 2.05) is 0 Å². The molecule has 0 unspecified atom stereocenters. The summed E-state index contributed by atoms with van der Waals surface area (Å²) in [6.07, 6.45) is 0. The first kappa shape index (κ1) is 20.2. The molecule has 0 bridgehead atoms. The normalized spacial score (nSPS) is 16.9. The number of amides is 1. The van der Waals surface area contributed by atoms with E-state index in [2.05, 4.69) is 16.5 Å². The molecule has 0 atom stereocenters. The van der Waals surface area contributed by atoms with Crippen molar-refractivity contribution in [1.82, 2.24) is 14.5 Å². The van der Waals surface area contributed by atoms with Crippen LogP contribution >= 0.6 is 11.6 Å². The Morgan fingerprint density at radius 3 is 2.32 bits per heavy atom. The van der Waals surface area contributed by atoms with Crippen LogP contribution in [0.1, 0.15) is 38.1 Å². The Labute approximate surface area is 155 Å². The fourth-order valence-electron chi connectivity index (χ4n) is 2.75. The van der Waals surface area contributed by atoms with Crippen LogP contribution in [-0.2, 0) is 10.0 Å². The fraction of sp³-hybridized carbons (Fsp3) is 0.588. The third kappa shape index (κ3) is 5.17. The summed E-state index contributed by atoms with van der Waals surface area (Å²) in [5.74, 6) is -0.167. The summed E-state index contributed by atoms with van der Waals surface area (Å²) in [6, 6.07) is 4.41. The van der Waals surface area contributed by atoms with E-state index in [0.717, 1.165) is 19.6 Å². The lowest BCUT2D eigenvalue weighted by molar-refractivity contribution is 0.0643. The van der Waals surface area contributed by atoms with Crippen molar-refractivity contribution in [2.24, 2.45) is 0 Å². The predicted octanol–water partition coefficient (Wildman–Crippen LogP) is 2.19. The van der Waals surface area contributed by atoms with Gasteiger partial charge in [-0.15, -0.1) is 0 Å². The molecule has 1 amide bonds. The molecule has 1 fully saturated rings. The van der Waals surface area contributed by atoms with E-state index in [0.29, 0.717) is 18.7 Å². The van der Waals surface area contributed by atoms with Gasteiger partial charge in [-0.2, -0.15) is 0 Å². The van der Waals surface area contributed by atoms with E-state index in [9.17, 15) is 13.2 Å². The van der Waals surface area contributed by atoms with Crippen LogP contribution in [0.4, 0.5) is 0 Å².